The monoisotopic (exact) mass is 384 g/mol. The quantitative estimate of drug-likeness (QED) is 0.432. The smallest absolute Gasteiger partial charge is 0.388 e. The fourth-order valence-corrected chi connectivity index (χ4v) is 6.79. The van der Waals surface area contributed by atoms with Crippen LogP contribution >= 0.6 is 0 Å². The van der Waals surface area contributed by atoms with Crippen molar-refractivity contribution in [2.75, 3.05) is 19.8 Å². The van der Waals surface area contributed by atoms with E-state index in [9.17, 15) is 0 Å². The van der Waals surface area contributed by atoms with Crippen LogP contribution in [-0.2, 0) is 13.6 Å². The summed E-state index contributed by atoms with van der Waals surface area (Å²) in [7, 11) is -2.76. The molecule has 2 aromatic rings. The first-order chi connectivity index (χ1) is 13.3. The highest BCUT2D eigenvalue weighted by Gasteiger charge is 2.43. The Morgan fingerprint density at radius 1 is 0.889 bits per heavy atom. The molecule has 27 heavy (non-hydrogen) atoms. The largest absolute Gasteiger partial charge is 0.407 e. The Kier molecular flexibility index (Phi) is 8.08. The Hall–Kier alpha value is -1.46. The van der Waals surface area contributed by atoms with Crippen LogP contribution in [0.4, 0.5) is 0 Å². The fraction of sp³-hybridized carbons (Fsp3) is 0.478. The first-order valence-electron chi connectivity index (χ1n) is 10.4. The van der Waals surface area contributed by atoms with Gasteiger partial charge in [0.25, 0.3) is 0 Å². The predicted molar refractivity (Wildman–Crippen MR) is 113 cm³/mol. The normalized spacial score (nSPS) is 17.3. The molecule has 0 spiro atoms. The van der Waals surface area contributed by atoms with E-state index in [0.717, 1.165) is 32.5 Å². The summed E-state index contributed by atoms with van der Waals surface area (Å²) in [4.78, 5) is 0. The molecule has 1 aliphatic rings. The average molecular weight is 385 g/mol. The van der Waals surface area contributed by atoms with Crippen LogP contribution in [0.15, 0.2) is 60.7 Å². The van der Waals surface area contributed by atoms with E-state index >= 15 is 0 Å². The zero-order valence-corrected chi connectivity index (χ0v) is 17.4. The molecule has 0 bridgehead atoms. The van der Waals surface area contributed by atoms with Crippen LogP contribution in [0.5, 0.6) is 0 Å². The summed E-state index contributed by atoms with van der Waals surface area (Å²) < 4.78 is 19.2. The van der Waals surface area contributed by atoms with Gasteiger partial charge < -0.3 is 13.6 Å². The highest BCUT2D eigenvalue weighted by molar-refractivity contribution is 6.92. The topological polar surface area (TPSA) is 27.7 Å². The number of rotatable bonds is 11. The maximum absolute atomic E-state index is 6.68. The summed E-state index contributed by atoms with van der Waals surface area (Å²) in [6.07, 6.45) is 7.15. The van der Waals surface area contributed by atoms with Crippen molar-refractivity contribution in [1.82, 2.24) is 0 Å². The third-order valence-electron chi connectivity index (χ3n) is 5.11. The summed E-state index contributed by atoms with van der Waals surface area (Å²) in [6, 6.07) is 21.0. The minimum absolute atomic E-state index is 0.188. The van der Waals surface area contributed by atoms with Crippen molar-refractivity contribution in [2.24, 2.45) is 0 Å². The molecule has 146 valence electrons. The van der Waals surface area contributed by atoms with E-state index in [-0.39, 0.29) is 6.10 Å². The SMILES string of the molecule is CCCCCCO[Si](OCC1CCCO1)(c1ccccc1)c1ccccc1. The van der Waals surface area contributed by atoms with Crippen molar-refractivity contribution in [1.29, 1.82) is 0 Å². The number of hydrogen-bond acceptors (Lipinski definition) is 3. The Morgan fingerprint density at radius 2 is 1.56 bits per heavy atom. The van der Waals surface area contributed by atoms with E-state index in [1.807, 2.05) is 0 Å². The molecule has 4 heteroatoms. The van der Waals surface area contributed by atoms with Gasteiger partial charge in [-0.1, -0.05) is 86.8 Å². The fourth-order valence-electron chi connectivity index (χ4n) is 3.59. The standard InChI is InChI=1S/C23H32O3Si/c1-2-3-4-11-19-25-27(22-14-7-5-8-15-22,23-16-9-6-10-17-23)26-20-21-13-12-18-24-21/h5-10,14-17,21H,2-4,11-13,18-20H2,1H3. The molecule has 1 fully saturated rings. The van der Waals surface area contributed by atoms with Crippen molar-refractivity contribution >= 4 is 18.9 Å². The van der Waals surface area contributed by atoms with Crippen LogP contribution < -0.4 is 10.4 Å². The van der Waals surface area contributed by atoms with E-state index < -0.39 is 8.56 Å². The van der Waals surface area contributed by atoms with Gasteiger partial charge in [0.2, 0.25) is 0 Å². The average Bonchev–Trinajstić information content (AvgIpc) is 3.25. The zero-order valence-electron chi connectivity index (χ0n) is 16.4. The van der Waals surface area contributed by atoms with Gasteiger partial charge in [-0.2, -0.15) is 0 Å². The molecule has 2 aromatic carbocycles. The minimum atomic E-state index is -2.76. The summed E-state index contributed by atoms with van der Waals surface area (Å²) in [5.74, 6) is 0. The molecule has 0 saturated carbocycles. The highest BCUT2D eigenvalue weighted by Crippen LogP contribution is 2.17. The highest BCUT2D eigenvalue weighted by atomic mass is 28.4. The molecule has 0 aromatic heterocycles. The van der Waals surface area contributed by atoms with Crippen LogP contribution in [0.25, 0.3) is 0 Å². The second-order valence-electron chi connectivity index (χ2n) is 7.20. The minimum Gasteiger partial charge on any atom is -0.388 e. The van der Waals surface area contributed by atoms with Gasteiger partial charge in [-0.3, -0.25) is 0 Å². The van der Waals surface area contributed by atoms with Crippen molar-refractivity contribution < 1.29 is 13.6 Å². The second kappa shape index (κ2) is 10.8. The van der Waals surface area contributed by atoms with E-state index in [2.05, 4.69) is 67.6 Å². The van der Waals surface area contributed by atoms with Crippen LogP contribution in [0.3, 0.4) is 0 Å². The lowest BCUT2D eigenvalue weighted by atomic mass is 10.2. The molecule has 3 rings (SSSR count). The van der Waals surface area contributed by atoms with Gasteiger partial charge in [0.1, 0.15) is 0 Å². The molecule has 3 nitrogen and oxygen atoms in total. The molecule has 1 unspecified atom stereocenters. The van der Waals surface area contributed by atoms with E-state index in [0.29, 0.717) is 6.61 Å². The van der Waals surface area contributed by atoms with Crippen molar-refractivity contribution in [3.05, 3.63) is 60.7 Å². The zero-order chi connectivity index (χ0) is 18.8. The molecular formula is C23H32O3Si. The lowest BCUT2D eigenvalue weighted by Gasteiger charge is -2.32. The third kappa shape index (κ3) is 5.52. The Labute approximate surface area is 164 Å². The predicted octanol–water partition coefficient (Wildman–Crippen LogP) is 4.04. The van der Waals surface area contributed by atoms with Crippen molar-refractivity contribution in [3.8, 4) is 0 Å². The van der Waals surface area contributed by atoms with Crippen LogP contribution in [0, 0.1) is 0 Å². The van der Waals surface area contributed by atoms with Gasteiger partial charge in [-0.25, -0.2) is 0 Å². The third-order valence-corrected chi connectivity index (χ3v) is 8.48. The van der Waals surface area contributed by atoms with Crippen LogP contribution in [-0.4, -0.2) is 34.5 Å². The summed E-state index contributed by atoms with van der Waals surface area (Å²) in [5.41, 5.74) is 0. The number of ether oxygens (including phenoxy) is 1. The van der Waals surface area contributed by atoms with Crippen LogP contribution in [0.2, 0.25) is 0 Å². The lowest BCUT2D eigenvalue weighted by molar-refractivity contribution is 0.0535. The van der Waals surface area contributed by atoms with Gasteiger partial charge in [-0.05, 0) is 29.6 Å². The number of benzene rings is 2. The summed E-state index contributed by atoms with van der Waals surface area (Å²) in [5, 5.41) is 2.34. The Balaban J connectivity index is 1.85. The number of hydrogen-bond donors (Lipinski definition) is 0. The lowest BCUT2D eigenvalue weighted by Crippen LogP contribution is -2.64. The molecule has 1 atom stereocenters. The molecular weight excluding hydrogens is 352 g/mol. The molecule has 0 aliphatic carbocycles. The van der Waals surface area contributed by atoms with E-state index in [4.69, 9.17) is 13.6 Å². The molecule has 0 amide bonds. The Morgan fingerprint density at radius 3 is 2.11 bits per heavy atom. The molecule has 0 radical (unpaired) electrons. The molecule has 1 heterocycles. The summed E-state index contributed by atoms with van der Waals surface area (Å²) in [6.45, 7) is 4.42. The van der Waals surface area contributed by atoms with Crippen molar-refractivity contribution in [3.63, 3.8) is 0 Å². The Bertz CT molecular complexity index is 602. The van der Waals surface area contributed by atoms with Gasteiger partial charge in [0.05, 0.1) is 12.7 Å². The number of unbranched alkanes of at least 4 members (excludes halogenated alkanes) is 3. The van der Waals surface area contributed by atoms with Crippen molar-refractivity contribution in [2.45, 2.75) is 51.6 Å². The van der Waals surface area contributed by atoms with Gasteiger partial charge in [-0.15, -0.1) is 0 Å². The van der Waals surface area contributed by atoms with Gasteiger partial charge in [0, 0.05) is 13.2 Å². The molecule has 0 N–H and O–H groups in total. The maximum Gasteiger partial charge on any atom is 0.407 e. The van der Waals surface area contributed by atoms with E-state index in [1.54, 1.807) is 0 Å². The molecule has 1 saturated heterocycles. The van der Waals surface area contributed by atoms with Gasteiger partial charge in [0.15, 0.2) is 0 Å². The summed E-state index contributed by atoms with van der Waals surface area (Å²) >= 11 is 0. The molecule has 1 aliphatic heterocycles. The first-order valence-corrected chi connectivity index (χ1v) is 12.2. The van der Waals surface area contributed by atoms with Gasteiger partial charge >= 0.3 is 8.56 Å². The van der Waals surface area contributed by atoms with E-state index in [1.165, 1.54) is 29.6 Å². The first kappa shape index (κ1) is 20.3. The van der Waals surface area contributed by atoms with Crippen LogP contribution in [0.1, 0.15) is 45.4 Å². The maximum atomic E-state index is 6.68. The second-order valence-corrected chi connectivity index (χ2v) is 10.2.